The third kappa shape index (κ3) is 3.53. The zero-order chi connectivity index (χ0) is 19.7. The molecule has 1 aromatic carbocycles. The van der Waals surface area contributed by atoms with Gasteiger partial charge in [0.1, 0.15) is 11.2 Å². The van der Waals surface area contributed by atoms with Crippen molar-refractivity contribution in [2.75, 3.05) is 11.9 Å². The highest BCUT2D eigenvalue weighted by atomic mass is 19.1. The predicted molar refractivity (Wildman–Crippen MR) is 102 cm³/mol. The van der Waals surface area contributed by atoms with Gasteiger partial charge in [0.25, 0.3) is 0 Å². The van der Waals surface area contributed by atoms with Crippen LogP contribution in [0.15, 0.2) is 47.4 Å². The maximum atomic E-state index is 14.7. The predicted octanol–water partition coefficient (Wildman–Crippen LogP) is 3.45. The number of pyridine rings is 2. The Morgan fingerprint density at radius 3 is 2.56 bits per heavy atom. The van der Waals surface area contributed by atoms with E-state index in [2.05, 4.69) is 4.98 Å². The first kappa shape index (κ1) is 18.6. The molecule has 7 heteroatoms. The van der Waals surface area contributed by atoms with E-state index >= 15 is 0 Å². The van der Waals surface area contributed by atoms with Crippen LogP contribution in [0.25, 0.3) is 11.0 Å². The van der Waals surface area contributed by atoms with Gasteiger partial charge < -0.3 is 14.6 Å². The highest BCUT2D eigenvalue weighted by Crippen LogP contribution is 2.23. The van der Waals surface area contributed by atoms with Crippen LogP contribution in [0.1, 0.15) is 35.8 Å². The lowest BCUT2D eigenvalue weighted by molar-refractivity contribution is 0.0694. The lowest BCUT2D eigenvalue weighted by atomic mass is 10.1. The summed E-state index contributed by atoms with van der Waals surface area (Å²) in [5, 5.41) is 9.23. The molecule has 0 amide bonds. The van der Waals surface area contributed by atoms with Gasteiger partial charge >= 0.3 is 5.97 Å². The Balaban J connectivity index is 2.18. The summed E-state index contributed by atoms with van der Waals surface area (Å²) in [6.07, 6.45) is 1.27. The Bertz CT molecular complexity index is 1060. The number of aromatic carboxylic acids is 1. The monoisotopic (exact) mass is 369 g/mol. The van der Waals surface area contributed by atoms with Crippen LogP contribution in [0.4, 0.5) is 10.2 Å². The van der Waals surface area contributed by atoms with E-state index in [4.69, 9.17) is 0 Å². The van der Waals surface area contributed by atoms with Crippen LogP contribution in [-0.2, 0) is 6.54 Å². The van der Waals surface area contributed by atoms with Gasteiger partial charge in [0, 0.05) is 25.8 Å². The number of carbonyl (C=O) groups is 1. The number of anilines is 1. The van der Waals surface area contributed by atoms with Crippen molar-refractivity contribution in [3.05, 3.63) is 69.8 Å². The normalized spacial score (nSPS) is 11.1. The lowest BCUT2D eigenvalue weighted by Crippen LogP contribution is -2.23. The van der Waals surface area contributed by atoms with Crippen molar-refractivity contribution in [2.45, 2.75) is 26.4 Å². The molecule has 0 aliphatic rings. The second kappa shape index (κ2) is 7.19. The van der Waals surface area contributed by atoms with Gasteiger partial charge in [-0.2, -0.15) is 0 Å². The third-order valence-electron chi connectivity index (χ3n) is 4.35. The number of nitrogens with zero attached hydrogens (tertiary/aromatic N) is 3. The van der Waals surface area contributed by atoms with Crippen LogP contribution >= 0.6 is 0 Å². The standard InChI is InChI=1S/C20H20FN3O3/c1-12(2)24-11-15(20(26)27)17(25)14-9-16(21)19(22-18(14)24)23(3)10-13-7-5-4-6-8-13/h4-9,11-12H,10H2,1-3H3,(H,26,27). The minimum atomic E-state index is -1.35. The number of hydrogen-bond donors (Lipinski definition) is 1. The number of fused-ring (bicyclic) bond motifs is 1. The summed E-state index contributed by atoms with van der Waals surface area (Å²) < 4.78 is 16.3. The molecule has 6 nitrogen and oxygen atoms in total. The fraction of sp³-hybridized carbons (Fsp3) is 0.250. The van der Waals surface area contributed by atoms with E-state index < -0.39 is 22.8 Å². The number of benzene rings is 1. The van der Waals surface area contributed by atoms with Crippen molar-refractivity contribution in [3.63, 3.8) is 0 Å². The van der Waals surface area contributed by atoms with Crippen molar-refractivity contribution in [2.24, 2.45) is 0 Å². The molecule has 0 aliphatic heterocycles. The summed E-state index contributed by atoms with van der Waals surface area (Å²) >= 11 is 0. The average Bonchev–Trinajstić information content (AvgIpc) is 2.62. The van der Waals surface area contributed by atoms with Gasteiger partial charge in [-0.25, -0.2) is 14.2 Å². The number of hydrogen-bond acceptors (Lipinski definition) is 4. The first-order chi connectivity index (χ1) is 12.8. The van der Waals surface area contributed by atoms with Crippen LogP contribution in [0, 0.1) is 5.82 Å². The van der Waals surface area contributed by atoms with E-state index in [9.17, 15) is 19.1 Å². The summed E-state index contributed by atoms with van der Waals surface area (Å²) in [6.45, 7) is 4.12. The molecule has 0 spiro atoms. The van der Waals surface area contributed by atoms with E-state index in [-0.39, 0.29) is 22.9 Å². The molecule has 0 radical (unpaired) electrons. The number of halogens is 1. The summed E-state index contributed by atoms with van der Waals surface area (Å²) in [6, 6.07) is 10.5. The molecule has 0 unspecified atom stereocenters. The third-order valence-corrected chi connectivity index (χ3v) is 4.35. The first-order valence-corrected chi connectivity index (χ1v) is 8.53. The molecule has 0 saturated heterocycles. The van der Waals surface area contributed by atoms with Crippen LogP contribution < -0.4 is 10.3 Å². The van der Waals surface area contributed by atoms with E-state index in [1.54, 1.807) is 16.5 Å². The molecule has 2 aromatic heterocycles. The summed E-state index contributed by atoms with van der Waals surface area (Å²) in [5.74, 6) is -1.92. The van der Waals surface area contributed by atoms with Crippen molar-refractivity contribution in [3.8, 4) is 0 Å². The Morgan fingerprint density at radius 2 is 1.96 bits per heavy atom. The number of carboxylic acid groups (broad SMARTS) is 1. The number of rotatable bonds is 5. The Labute approximate surface area is 155 Å². The van der Waals surface area contributed by atoms with E-state index in [1.165, 1.54) is 6.20 Å². The van der Waals surface area contributed by atoms with Gasteiger partial charge in [-0.1, -0.05) is 30.3 Å². The van der Waals surface area contributed by atoms with Gasteiger partial charge in [0.05, 0.1) is 5.39 Å². The lowest BCUT2D eigenvalue weighted by Gasteiger charge is -2.21. The minimum Gasteiger partial charge on any atom is -0.477 e. The summed E-state index contributed by atoms with van der Waals surface area (Å²) in [5.41, 5.74) is 0.112. The van der Waals surface area contributed by atoms with Gasteiger partial charge in [-0.3, -0.25) is 4.79 Å². The smallest absolute Gasteiger partial charge is 0.341 e. The highest BCUT2D eigenvalue weighted by molar-refractivity contribution is 5.92. The molecule has 0 bridgehead atoms. The van der Waals surface area contributed by atoms with Crippen LogP contribution in [0.5, 0.6) is 0 Å². The zero-order valence-corrected chi connectivity index (χ0v) is 15.3. The molecule has 0 aliphatic carbocycles. The van der Waals surface area contributed by atoms with Crippen LogP contribution in [-0.4, -0.2) is 27.7 Å². The van der Waals surface area contributed by atoms with Crippen LogP contribution in [0.3, 0.4) is 0 Å². The van der Waals surface area contributed by atoms with E-state index in [0.717, 1.165) is 11.6 Å². The van der Waals surface area contributed by atoms with Crippen molar-refractivity contribution >= 4 is 22.8 Å². The molecular formula is C20H20FN3O3. The maximum absolute atomic E-state index is 14.7. The molecule has 1 N–H and O–H groups in total. The zero-order valence-electron chi connectivity index (χ0n) is 15.3. The topological polar surface area (TPSA) is 75.4 Å². The van der Waals surface area contributed by atoms with Crippen molar-refractivity contribution in [1.29, 1.82) is 0 Å². The molecule has 2 heterocycles. The maximum Gasteiger partial charge on any atom is 0.341 e. The molecule has 0 saturated carbocycles. The molecule has 3 rings (SSSR count). The second-order valence-electron chi connectivity index (χ2n) is 6.68. The Morgan fingerprint density at radius 1 is 1.30 bits per heavy atom. The SMILES string of the molecule is CC(C)n1cc(C(=O)O)c(=O)c2cc(F)c(N(C)Cc3ccccc3)nc21. The van der Waals surface area contributed by atoms with Crippen LogP contribution in [0.2, 0.25) is 0 Å². The number of aromatic nitrogens is 2. The van der Waals surface area contributed by atoms with Gasteiger partial charge in [-0.15, -0.1) is 0 Å². The van der Waals surface area contributed by atoms with Gasteiger partial charge in [0.2, 0.25) is 5.43 Å². The Kier molecular flexibility index (Phi) is 4.94. The quantitative estimate of drug-likeness (QED) is 0.745. The van der Waals surface area contributed by atoms with Gasteiger partial charge in [-0.05, 0) is 25.5 Å². The first-order valence-electron chi connectivity index (χ1n) is 8.53. The summed E-state index contributed by atoms with van der Waals surface area (Å²) in [4.78, 5) is 29.9. The second-order valence-corrected chi connectivity index (χ2v) is 6.68. The largest absolute Gasteiger partial charge is 0.477 e. The average molecular weight is 369 g/mol. The highest BCUT2D eigenvalue weighted by Gasteiger charge is 2.20. The molecular weight excluding hydrogens is 349 g/mol. The molecule has 0 fully saturated rings. The van der Waals surface area contributed by atoms with Crippen molar-refractivity contribution < 1.29 is 14.3 Å². The van der Waals surface area contributed by atoms with Crippen molar-refractivity contribution in [1.82, 2.24) is 9.55 Å². The van der Waals surface area contributed by atoms with E-state index in [0.29, 0.717) is 6.54 Å². The van der Waals surface area contributed by atoms with E-state index in [1.807, 2.05) is 44.2 Å². The fourth-order valence-corrected chi connectivity index (χ4v) is 2.98. The number of carboxylic acids is 1. The molecule has 27 heavy (non-hydrogen) atoms. The Hall–Kier alpha value is -3.22. The molecule has 3 aromatic rings. The summed E-state index contributed by atoms with van der Waals surface area (Å²) in [7, 11) is 1.72. The molecule has 140 valence electrons. The van der Waals surface area contributed by atoms with Gasteiger partial charge in [0.15, 0.2) is 11.6 Å². The molecule has 0 atom stereocenters. The minimum absolute atomic E-state index is 0.0436. The fourth-order valence-electron chi connectivity index (χ4n) is 2.98.